The fourth-order valence-electron chi connectivity index (χ4n) is 1.33. The Balaban J connectivity index is 2.46. The van der Waals surface area contributed by atoms with Crippen molar-refractivity contribution in [3.05, 3.63) is 22.2 Å². The van der Waals surface area contributed by atoms with Gasteiger partial charge in [-0.3, -0.25) is 0 Å². The van der Waals surface area contributed by atoms with E-state index in [-0.39, 0.29) is 0 Å². The lowest BCUT2D eigenvalue weighted by Gasteiger charge is -2.14. The number of allylic oxidation sites excluding steroid dienone is 2. The van der Waals surface area contributed by atoms with E-state index < -0.39 is 0 Å². The minimum atomic E-state index is 0.484. The molecule has 1 aliphatic carbocycles. The van der Waals surface area contributed by atoms with Crippen LogP contribution in [0, 0.1) is 0 Å². The number of nitrogens with zero attached hydrogens (tertiary/aromatic N) is 2. The van der Waals surface area contributed by atoms with Crippen LogP contribution in [0.5, 0.6) is 0 Å². The van der Waals surface area contributed by atoms with E-state index in [9.17, 15) is 0 Å². The minimum absolute atomic E-state index is 0.484. The van der Waals surface area contributed by atoms with Crippen LogP contribution in [0.3, 0.4) is 0 Å². The molecule has 2 rings (SSSR count). The second-order valence-electron chi connectivity index (χ2n) is 2.96. The fourth-order valence-corrected chi connectivity index (χ4v) is 2.03. The molecular weight excluding hydrogens is 156 g/mol. The first kappa shape index (κ1) is 6.98. The molecule has 2 nitrogen and oxygen atoms in total. The molecule has 1 heterocycles. The molecule has 0 aromatic carbocycles. The highest BCUT2D eigenvalue weighted by Gasteiger charge is 2.19. The summed E-state index contributed by atoms with van der Waals surface area (Å²) in [7, 11) is 0. The Morgan fingerprint density at radius 3 is 3.27 bits per heavy atom. The summed E-state index contributed by atoms with van der Waals surface area (Å²) in [5.41, 5.74) is 2.61. The van der Waals surface area contributed by atoms with E-state index in [0.717, 1.165) is 6.42 Å². The Labute approximate surface area is 70.1 Å². The van der Waals surface area contributed by atoms with E-state index in [1.807, 2.05) is 0 Å². The van der Waals surface area contributed by atoms with Crippen LogP contribution >= 0.6 is 11.5 Å². The smallest absolute Gasteiger partial charge is 0.0859 e. The first-order valence-electron chi connectivity index (χ1n) is 3.77. The molecule has 58 valence electrons. The molecule has 0 fully saturated rings. The number of rotatable bonds is 0. The molecule has 0 amide bonds. The molecule has 3 heteroatoms. The van der Waals surface area contributed by atoms with Gasteiger partial charge in [0.1, 0.15) is 0 Å². The van der Waals surface area contributed by atoms with Gasteiger partial charge in [0.2, 0.25) is 0 Å². The van der Waals surface area contributed by atoms with E-state index in [4.69, 9.17) is 0 Å². The lowest BCUT2D eigenvalue weighted by atomic mass is 9.92. The summed E-state index contributed by atoms with van der Waals surface area (Å²) >= 11 is 1.53. The number of aromatic nitrogens is 2. The molecule has 0 aliphatic heterocycles. The summed E-state index contributed by atoms with van der Waals surface area (Å²) in [6.07, 6.45) is 3.30. The number of hydrogen-bond acceptors (Lipinski definition) is 3. The first-order valence-corrected chi connectivity index (χ1v) is 4.54. The highest BCUT2D eigenvalue weighted by atomic mass is 32.1. The molecule has 1 aromatic heterocycles. The van der Waals surface area contributed by atoms with Crippen LogP contribution in [0.1, 0.15) is 30.3 Å². The third-order valence-corrected chi connectivity index (χ3v) is 3.05. The molecule has 11 heavy (non-hydrogen) atoms. The Bertz CT molecular complexity index is 301. The zero-order valence-corrected chi connectivity index (χ0v) is 7.48. The van der Waals surface area contributed by atoms with Crippen LogP contribution in [0.2, 0.25) is 0 Å². The largest absolute Gasteiger partial charge is 0.142 e. The van der Waals surface area contributed by atoms with Gasteiger partial charge in [-0.05, 0) is 18.5 Å². The first-order chi connectivity index (χ1) is 5.29. The summed E-state index contributed by atoms with van der Waals surface area (Å²) in [5, 5.41) is 4.12. The van der Waals surface area contributed by atoms with Gasteiger partial charge in [-0.2, -0.15) is 0 Å². The van der Waals surface area contributed by atoms with Crippen molar-refractivity contribution >= 4 is 11.5 Å². The van der Waals surface area contributed by atoms with Crippen molar-refractivity contribution in [3.63, 3.8) is 0 Å². The zero-order valence-electron chi connectivity index (χ0n) is 6.66. The van der Waals surface area contributed by atoms with Crippen LogP contribution < -0.4 is 0 Å². The molecule has 1 unspecified atom stereocenters. The van der Waals surface area contributed by atoms with Crippen molar-refractivity contribution in [2.45, 2.75) is 26.2 Å². The maximum absolute atomic E-state index is 4.12. The minimum Gasteiger partial charge on any atom is -0.142 e. The molecular formula is C8H10N2S. The number of fused-ring (bicyclic) bond motifs is 1. The maximum Gasteiger partial charge on any atom is 0.0859 e. The SMILES string of the molecule is CC1=CCc2snnc2C1C. The van der Waals surface area contributed by atoms with E-state index in [1.54, 1.807) is 0 Å². The van der Waals surface area contributed by atoms with E-state index in [0.29, 0.717) is 5.92 Å². The highest BCUT2D eigenvalue weighted by molar-refractivity contribution is 7.05. The Hall–Kier alpha value is -0.700. The Morgan fingerprint density at radius 2 is 2.45 bits per heavy atom. The van der Waals surface area contributed by atoms with Crippen molar-refractivity contribution in [1.82, 2.24) is 9.59 Å². The van der Waals surface area contributed by atoms with Gasteiger partial charge >= 0.3 is 0 Å². The molecule has 1 atom stereocenters. The number of hydrogen-bond donors (Lipinski definition) is 0. The predicted octanol–water partition coefficient (Wildman–Crippen LogP) is 2.14. The second kappa shape index (κ2) is 2.41. The van der Waals surface area contributed by atoms with Crippen molar-refractivity contribution in [2.24, 2.45) is 0 Å². The fraction of sp³-hybridized carbons (Fsp3) is 0.500. The van der Waals surface area contributed by atoms with Gasteiger partial charge in [0.05, 0.1) is 10.6 Å². The van der Waals surface area contributed by atoms with Crippen molar-refractivity contribution < 1.29 is 0 Å². The molecule has 0 saturated heterocycles. The molecule has 0 N–H and O–H groups in total. The molecule has 0 radical (unpaired) electrons. The van der Waals surface area contributed by atoms with Gasteiger partial charge in [0, 0.05) is 12.3 Å². The van der Waals surface area contributed by atoms with Crippen molar-refractivity contribution in [2.75, 3.05) is 0 Å². The summed E-state index contributed by atoms with van der Waals surface area (Å²) in [6.45, 7) is 4.35. The summed E-state index contributed by atoms with van der Waals surface area (Å²) in [6, 6.07) is 0. The van der Waals surface area contributed by atoms with E-state index >= 15 is 0 Å². The molecule has 0 saturated carbocycles. The van der Waals surface area contributed by atoms with Gasteiger partial charge in [-0.25, -0.2) is 0 Å². The van der Waals surface area contributed by atoms with Crippen molar-refractivity contribution in [1.29, 1.82) is 0 Å². The molecule has 0 spiro atoms. The quantitative estimate of drug-likeness (QED) is 0.552. The average molecular weight is 166 g/mol. The van der Waals surface area contributed by atoms with Crippen LogP contribution in [-0.2, 0) is 6.42 Å². The molecule has 1 aliphatic rings. The third-order valence-electron chi connectivity index (χ3n) is 2.29. The second-order valence-corrected chi connectivity index (χ2v) is 3.79. The summed E-state index contributed by atoms with van der Waals surface area (Å²) in [4.78, 5) is 1.34. The molecule has 1 aromatic rings. The highest BCUT2D eigenvalue weighted by Crippen LogP contribution is 2.31. The maximum atomic E-state index is 4.12. The van der Waals surface area contributed by atoms with Gasteiger partial charge in [-0.1, -0.05) is 23.1 Å². The van der Waals surface area contributed by atoms with Crippen LogP contribution in [0.4, 0.5) is 0 Å². The lowest BCUT2D eigenvalue weighted by Crippen LogP contribution is -2.04. The third kappa shape index (κ3) is 0.997. The van der Waals surface area contributed by atoms with Crippen LogP contribution in [-0.4, -0.2) is 9.59 Å². The summed E-state index contributed by atoms with van der Waals surface area (Å²) in [5.74, 6) is 0.484. The van der Waals surface area contributed by atoms with Crippen LogP contribution in [0.15, 0.2) is 11.6 Å². The van der Waals surface area contributed by atoms with Gasteiger partial charge in [-0.15, -0.1) is 5.10 Å². The zero-order chi connectivity index (χ0) is 7.84. The van der Waals surface area contributed by atoms with Gasteiger partial charge in [0.15, 0.2) is 0 Å². The molecule has 0 bridgehead atoms. The monoisotopic (exact) mass is 166 g/mol. The van der Waals surface area contributed by atoms with Gasteiger partial charge in [0.25, 0.3) is 0 Å². The van der Waals surface area contributed by atoms with E-state index in [2.05, 4.69) is 29.5 Å². The average Bonchev–Trinajstić information content (AvgIpc) is 2.45. The van der Waals surface area contributed by atoms with Crippen LogP contribution in [0.25, 0.3) is 0 Å². The Morgan fingerprint density at radius 1 is 1.64 bits per heavy atom. The lowest BCUT2D eigenvalue weighted by molar-refractivity contribution is 0.800. The standard InChI is InChI=1S/C8H10N2S/c1-5-3-4-7-8(6(5)2)9-10-11-7/h3,6H,4H2,1-2H3. The van der Waals surface area contributed by atoms with E-state index in [1.165, 1.54) is 27.7 Å². The normalized spacial score (nSPS) is 22.7. The van der Waals surface area contributed by atoms with Gasteiger partial charge < -0.3 is 0 Å². The topological polar surface area (TPSA) is 25.8 Å². The Kier molecular flexibility index (Phi) is 1.53. The van der Waals surface area contributed by atoms with Crippen molar-refractivity contribution in [3.8, 4) is 0 Å². The summed E-state index contributed by atoms with van der Waals surface area (Å²) < 4.78 is 3.95. The predicted molar refractivity (Wildman–Crippen MR) is 45.8 cm³/mol.